The first-order valence-electron chi connectivity index (χ1n) is 7.60. The molecule has 1 aromatic carbocycles. The molecule has 1 N–H and O–H groups in total. The van der Waals surface area contributed by atoms with Crippen molar-refractivity contribution < 1.29 is 10.0 Å². The van der Waals surface area contributed by atoms with Crippen LogP contribution in [0.1, 0.15) is 50.0 Å². The second-order valence-electron chi connectivity index (χ2n) is 7.31. The van der Waals surface area contributed by atoms with Gasteiger partial charge in [-0.1, -0.05) is 52.9 Å². The van der Waals surface area contributed by atoms with Gasteiger partial charge in [-0.25, -0.2) is 0 Å². The van der Waals surface area contributed by atoms with E-state index >= 15 is 0 Å². The molecule has 4 nitrogen and oxygen atoms in total. The van der Waals surface area contributed by atoms with Crippen molar-refractivity contribution in [2.45, 2.75) is 61.6 Å². The summed E-state index contributed by atoms with van der Waals surface area (Å²) in [7, 11) is 0. The molecule has 1 saturated heterocycles. The van der Waals surface area contributed by atoms with Crippen molar-refractivity contribution in [3.63, 3.8) is 0 Å². The summed E-state index contributed by atoms with van der Waals surface area (Å²) in [5.74, 6) is 0.0164. The molecule has 0 aromatic heterocycles. The number of rotatable bonds is 3. The first-order valence-corrected chi connectivity index (χ1v) is 8.85. The van der Waals surface area contributed by atoms with Crippen LogP contribution in [0.15, 0.2) is 30.3 Å². The van der Waals surface area contributed by atoms with Crippen molar-refractivity contribution in [1.29, 1.82) is 0 Å². The Bertz CT molecular complexity index is 513. The quantitative estimate of drug-likeness (QED) is 0.606. The Morgan fingerprint density at radius 1 is 1.18 bits per heavy atom. The zero-order valence-corrected chi connectivity index (χ0v) is 15.8. The van der Waals surface area contributed by atoms with Gasteiger partial charge in [0.15, 0.2) is 0 Å². The predicted molar refractivity (Wildman–Crippen MR) is 95.1 cm³/mol. The maximum absolute atomic E-state index is 12.5. The topological polar surface area (TPSA) is 52.2 Å². The number of hydrogen-bond donors (Lipinski definition) is 1. The number of carbonyl (C=O) groups excluding carboxylic acids is 1. The number of alkyl halides is 1. The normalized spacial score (nSPS) is 23.0. The van der Waals surface area contributed by atoms with Gasteiger partial charge in [0.2, 0.25) is 5.91 Å². The second-order valence-corrected chi connectivity index (χ2v) is 8.55. The number of halogens is 1. The first kappa shape index (κ1) is 17.7. The first-order chi connectivity index (χ1) is 10.1. The van der Waals surface area contributed by atoms with E-state index in [0.29, 0.717) is 12.8 Å². The molecule has 22 heavy (non-hydrogen) atoms. The lowest BCUT2D eigenvalue weighted by Gasteiger charge is -2.50. The molecular weight excluding hydrogens is 391 g/mol. The summed E-state index contributed by atoms with van der Waals surface area (Å²) in [5.41, 5.74) is 0.0702. The van der Waals surface area contributed by atoms with Gasteiger partial charge in [0.25, 0.3) is 0 Å². The second kappa shape index (κ2) is 6.45. The molecule has 2 rings (SSSR count). The lowest BCUT2D eigenvalue weighted by atomic mass is 9.79. The molecule has 1 atom stereocenters. The van der Waals surface area contributed by atoms with Crippen LogP contribution in [0.4, 0.5) is 0 Å². The molecule has 1 fully saturated rings. The van der Waals surface area contributed by atoms with Crippen molar-refractivity contribution in [1.82, 2.24) is 10.4 Å². The summed E-state index contributed by atoms with van der Waals surface area (Å²) in [4.78, 5) is 12.5. The molecule has 5 heteroatoms. The molecule has 0 saturated carbocycles. The molecule has 0 spiro atoms. The number of carbonyl (C=O) groups is 1. The lowest BCUT2D eigenvalue weighted by Crippen LogP contribution is -2.62. The van der Waals surface area contributed by atoms with E-state index < -0.39 is 11.1 Å². The summed E-state index contributed by atoms with van der Waals surface area (Å²) < 4.78 is -0.213. The van der Waals surface area contributed by atoms with Crippen molar-refractivity contribution in [3.8, 4) is 0 Å². The SMILES string of the molecule is CC1(C)CC(NC(=O)C(I)c2ccccc2)CC(C)(C)N1[O]. The minimum absolute atomic E-state index is 0.0164. The van der Waals surface area contributed by atoms with Crippen molar-refractivity contribution in [3.05, 3.63) is 35.9 Å². The third-order valence-electron chi connectivity index (χ3n) is 4.26. The van der Waals surface area contributed by atoms with Gasteiger partial charge < -0.3 is 5.32 Å². The third kappa shape index (κ3) is 3.81. The Balaban J connectivity index is 2.06. The Kier molecular flexibility index (Phi) is 5.19. The molecule has 1 aliphatic heterocycles. The number of hydroxylamine groups is 2. The average Bonchev–Trinajstić information content (AvgIpc) is 2.44. The Labute approximate surface area is 146 Å². The molecule has 1 unspecified atom stereocenters. The smallest absolute Gasteiger partial charge is 0.237 e. The third-order valence-corrected chi connectivity index (χ3v) is 5.55. The van der Waals surface area contributed by atoms with E-state index in [9.17, 15) is 10.0 Å². The van der Waals surface area contributed by atoms with Crippen molar-refractivity contribution in [2.75, 3.05) is 0 Å². The fourth-order valence-electron chi connectivity index (χ4n) is 3.41. The Morgan fingerprint density at radius 2 is 1.68 bits per heavy atom. The highest BCUT2D eigenvalue weighted by molar-refractivity contribution is 14.1. The standard InChI is InChI=1S/C17H24IN2O2/c1-16(2)10-13(11-17(3,4)20(16)22)19-15(21)14(18)12-8-6-5-7-9-12/h5-9,13-14H,10-11H2,1-4H3,(H,19,21). The number of nitrogens with one attached hydrogen (secondary N) is 1. The largest absolute Gasteiger partial charge is 0.352 e. The minimum Gasteiger partial charge on any atom is -0.352 e. The van der Waals surface area contributed by atoms with Gasteiger partial charge in [-0.3, -0.25) is 4.79 Å². The maximum atomic E-state index is 12.5. The number of nitrogens with zero attached hydrogens (tertiary/aromatic N) is 1. The molecule has 1 aromatic rings. The maximum Gasteiger partial charge on any atom is 0.237 e. The zero-order valence-electron chi connectivity index (χ0n) is 13.6. The van der Waals surface area contributed by atoms with E-state index in [4.69, 9.17) is 0 Å². The molecule has 1 heterocycles. The molecule has 1 radical (unpaired) electrons. The number of hydrogen-bond acceptors (Lipinski definition) is 2. The van der Waals surface area contributed by atoms with E-state index in [1.54, 1.807) is 0 Å². The van der Waals surface area contributed by atoms with Gasteiger partial charge >= 0.3 is 0 Å². The van der Waals surface area contributed by atoms with E-state index in [2.05, 4.69) is 27.9 Å². The van der Waals surface area contributed by atoms with E-state index in [1.165, 1.54) is 5.06 Å². The van der Waals surface area contributed by atoms with Crippen molar-refractivity contribution in [2.24, 2.45) is 0 Å². The highest BCUT2D eigenvalue weighted by Crippen LogP contribution is 2.37. The van der Waals surface area contributed by atoms with Crippen LogP contribution >= 0.6 is 22.6 Å². The van der Waals surface area contributed by atoms with Crippen LogP contribution in [0.5, 0.6) is 0 Å². The summed E-state index contributed by atoms with van der Waals surface area (Å²) in [6, 6.07) is 9.78. The highest BCUT2D eigenvalue weighted by atomic mass is 127. The number of benzene rings is 1. The Hall–Kier alpha value is -0.660. The molecule has 0 aliphatic carbocycles. The van der Waals surface area contributed by atoms with E-state index in [0.717, 1.165) is 5.56 Å². The van der Waals surface area contributed by atoms with Crippen LogP contribution in [0.2, 0.25) is 0 Å². The van der Waals surface area contributed by atoms with Crippen LogP contribution in [0.3, 0.4) is 0 Å². The fourth-order valence-corrected chi connectivity index (χ4v) is 4.01. The summed E-state index contributed by atoms with van der Waals surface area (Å²) in [6.07, 6.45) is 1.34. The minimum atomic E-state index is -0.465. The number of piperidine rings is 1. The number of amides is 1. The lowest BCUT2D eigenvalue weighted by molar-refractivity contribution is -0.290. The van der Waals surface area contributed by atoms with Crippen LogP contribution in [-0.2, 0) is 10.0 Å². The molecule has 1 amide bonds. The van der Waals surface area contributed by atoms with Crippen LogP contribution in [-0.4, -0.2) is 28.1 Å². The van der Waals surface area contributed by atoms with Gasteiger partial charge in [0.05, 0.1) is 0 Å². The molecule has 121 valence electrons. The van der Waals surface area contributed by atoms with E-state index in [-0.39, 0.29) is 15.9 Å². The van der Waals surface area contributed by atoms with Gasteiger partial charge in [0.1, 0.15) is 3.92 Å². The fraction of sp³-hybridized carbons (Fsp3) is 0.588. The summed E-state index contributed by atoms with van der Waals surface area (Å²) in [5, 5.41) is 16.7. The van der Waals surface area contributed by atoms with Crippen LogP contribution in [0, 0.1) is 0 Å². The Morgan fingerprint density at radius 3 is 2.18 bits per heavy atom. The zero-order chi connectivity index (χ0) is 16.5. The highest BCUT2D eigenvalue weighted by Gasteiger charge is 2.46. The predicted octanol–water partition coefficient (Wildman–Crippen LogP) is 3.65. The van der Waals surface area contributed by atoms with E-state index in [1.807, 2.05) is 58.0 Å². The monoisotopic (exact) mass is 415 g/mol. The van der Waals surface area contributed by atoms with Gasteiger partial charge in [-0.05, 0) is 46.1 Å². The molecule has 0 bridgehead atoms. The van der Waals surface area contributed by atoms with Crippen LogP contribution < -0.4 is 5.32 Å². The van der Waals surface area contributed by atoms with Crippen LogP contribution in [0.25, 0.3) is 0 Å². The van der Waals surface area contributed by atoms with Gasteiger partial charge in [-0.2, -0.15) is 0 Å². The summed E-state index contributed by atoms with van der Waals surface area (Å²) >= 11 is 2.17. The van der Waals surface area contributed by atoms with Gasteiger partial charge in [0, 0.05) is 17.1 Å². The molecular formula is C17H24IN2O2. The van der Waals surface area contributed by atoms with Crippen molar-refractivity contribution >= 4 is 28.5 Å². The molecule has 1 aliphatic rings. The average molecular weight is 415 g/mol. The van der Waals surface area contributed by atoms with Gasteiger partial charge in [-0.15, -0.1) is 10.3 Å². The summed E-state index contributed by atoms with van der Waals surface area (Å²) in [6.45, 7) is 7.77.